The summed E-state index contributed by atoms with van der Waals surface area (Å²) >= 11 is 0. The van der Waals surface area contributed by atoms with Crippen molar-refractivity contribution in [1.29, 1.82) is 0 Å². The molecule has 3 aliphatic carbocycles. The van der Waals surface area contributed by atoms with Gasteiger partial charge in [0.2, 0.25) is 0 Å². The average Bonchev–Trinajstić information content (AvgIpc) is 3.05. The van der Waals surface area contributed by atoms with E-state index in [2.05, 4.69) is 78.1 Å². The molecule has 3 aliphatic rings. The molecule has 0 aromatic rings. The van der Waals surface area contributed by atoms with E-state index in [1.165, 1.54) is 28.8 Å². The smallest absolute Gasteiger partial charge is 0.0117 e. The molecule has 0 bridgehead atoms. The van der Waals surface area contributed by atoms with Gasteiger partial charge in [-0.25, -0.2) is 0 Å². The molecule has 18 heavy (non-hydrogen) atoms. The van der Waals surface area contributed by atoms with Crippen molar-refractivity contribution in [3.63, 3.8) is 0 Å². The molecule has 0 aliphatic heterocycles. The van der Waals surface area contributed by atoms with Crippen molar-refractivity contribution in [3.05, 3.63) is 93.0 Å². The summed E-state index contributed by atoms with van der Waals surface area (Å²) in [7, 11) is -0.377. The van der Waals surface area contributed by atoms with Gasteiger partial charge in [-0.15, -0.1) is 0 Å². The summed E-state index contributed by atoms with van der Waals surface area (Å²) in [4.78, 5) is 0. The van der Waals surface area contributed by atoms with E-state index in [0.717, 1.165) is 0 Å². The van der Waals surface area contributed by atoms with Gasteiger partial charge in [0.15, 0.2) is 0 Å². The van der Waals surface area contributed by atoms with Gasteiger partial charge in [0.1, 0.15) is 0 Å². The van der Waals surface area contributed by atoms with Gasteiger partial charge in [-0.05, 0) is 76.0 Å². The second-order valence-electron chi connectivity index (χ2n) is 4.67. The average molecular weight is 251 g/mol. The lowest BCUT2D eigenvalue weighted by Gasteiger charge is -2.37. The lowest BCUT2D eigenvalue weighted by Crippen LogP contribution is -2.11. The molecule has 3 rings (SSSR count). The highest BCUT2D eigenvalue weighted by Crippen LogP contribution is 2.74. The van der Waals surface area contributed by atoms with E-state index in [1.54, 1.807) is 0 Å². The Morgan fingerprint density at radius 2 is 1.11 bits per heavy atom. The quantitative estimate of drug-likeness (QED) is 0.655. The second-order valence-corrected chi connectivity index (χ2v) is 6.82. The molecule has 0 aromatic heterocycles. The van der Waals surface area contributed by atoms with Crippen molar-refractivity contribution in [3.8, 4) is 0 Å². The third-order valence-corrected chi connectivity index (χ3v) is 6.18. The van der Waals surface area contributed by atoms with Crippen LogP contribution in [0, 0.1) is 93.0 Å². The van der Waals surface area contributed by atoms with Gasteiger partial charge in [0, 0.05) is 17.0 Å². The molecule has 3 saturated carbocycles. The zero-order valence-electron chi connectivity index (χ0n) is 10.7. The Bertz CT molecular complexity index is 249. The maximum atomic E-state index is 2.28. The molecule has 0 amide bonds. The lowest BCUT2D eigenvalue weighted by molar-refractivity contribution is 1.16. The molecule has 0 N–H and O–H groups in total. The maximum Gasteiger partial charge on any atom is 0.0117 e. The molecule has 0 nitrogen and oxygen atoms in total. The molecule has 15 radical (unpaired) electrons. The van der Waals surface area contributed by atoms with E-state index in [9.17, 15) is 0 Å². The summed E-state index contributed by atoms with van der Waals surface area (Å²) in [6.45, 7) is 4.43. The molecule has 0 spiro atoms. The predicted octanol–water partition coefficient (Wildman–Crippen LogP) is 4.34. The van der Waals surface area contributed by atoms with Gasteiger partial charge >= 0.3 is 0 Å². The van der Waals surface area contributed by atoms with Gasteiger partial charge in [-0.1, -0.05) is 21.8 Å². The third kappa shape index (κ3) is 2.52. The Balaban J connectivity index is 1.78. The van der Waals surface area contributed by atoms with Crippen molar-refractivity contribution in [2.24, 2.45) is 0 Å². The van der Waals surface area contributed by atoms with Crippen LogP contribution in [0.15, 0.2) is 0 Å². The van der Waals surface area contributed by atoms with E-state index >= 15 is 0 Å². The number of hydrogen-bond donors (Lipinski definition) is 0. The molecular weight excluding hydrogens is 235 g/mol. The molecule has 1 heteroatoms. The van der Waals surface area contributed by atoms with Crippen LogP contribution in [0.1, 0.15) is 13.8 Å². The van der Waals surface area contributed by atoms with Crippen LogP contribution in [0.25, 0.3) is 0 Å². The highest BCUT2D eigenvalue weighted by Gasteiger charge is 2.45. The maximum absolute atomic E-state index is 2.28. The van der Waals surface area contributed by atoms with Crippen LogP contribution in [0.2, 0.25) is 0 Å². The normalized spacial score (nSPS) is 30.2. The van der Waals surface area contributed by atoms with Crippen molar-refractivity contribution in [2.45, 2.75) is 13.8 Å². The van der Waals surface area contributed by atoms with E-state index in [4.69, 9.17) is 0 Å². The van der Waals surface area contributed by atoms with Crippen LogP contribution >= 0.6 is 7.92 Å². The largest absolute Gasteiger partial charge is 0.0823 e. The van der Waals surface area contributed by atoms with Crippen molar-refractivity contribution in [2.75, 3.05) is 0 Å². The van der Waals surface area contributed by atoms with Gasteiger partial charge in [-0.3, -0.25) is 0 Å². The van der Waals surface area contributed by atoms with Crippen molar-refractivity contribution >= 4 is 7.92 Å². The van der Waals surface area contributed by atoms with Crippen LogP contribution in [-0.4, -0.2) is 0 Å². The minimum Gasteiger partial charge on any atom is -0.0823 e. The first kappa shape index (κ1) is 13.4. The van der Waals surface area contributed by atoms with Crippen molar-refractivity contribution in [1.82, 2.24) is 0 Å². The van der Waals surface area contributed by atoms with Gasteiger partial charge in [-0.2, -0.15) is 0 Å². The summed E-state index contributed by atoms with van der Waals surface area (Å²) in [5.41, 5.74) is 4.43. The fourth-order valence-corrected chi connectivity index (χ4v) is 5.03. The standard InChI is InChI=1S/C17H16P/c1-13-7-5-11-16(13)18(15-9-3-4-10-15)17-12-6-8-14(17)2/h3-12H,1-2H3. The predicted molar refractivity (Wildman–Crippen MR) is 77.5 cm³/mol. The lowest BCUT2D eigenvalue weighted by atomic mass is 10.1. The Kier molecular flexibility index (Phi) is 4.34. The Labute approximate surface area is 115 Å². The molecule has 3 fully saturated rings. The van der Waals surface area contributed by atoms with E-state index in [0.29, 0.717) is 0 Å². The minimum atomic E-state index is -0.377. The fraction of sp³-hybridized carbons (Fsp3) is 0.118. The highest BCUT2D eigenvalue weighted by atomic mass is 31.1. The summed E-state index contributed by atoms with van der Waals surface area (Å²) in [6, 6.07) is 0. The zero-order chi connectivity index (χ0) is 12.5. The second kappa shape index (κ2) is 5.82. The van der Waals surface area contributed by atoms with Gasteiger partial charge < -0.3 is 0 Å². The first-order chi connectivity index (χ1) is 8.77. The van der Waals surface area contributed by atoms with Crippen LogP contribution in [-0.2, 0) is 0 Å². The molecule has 0 atom stereocenters. The SMILES string of the molecule is C[C]1[CH][CH][CH][C]1P([C]1[CH][CH][CH][CH]1)[C]1[CH][CH][CH][C]1C. The van der Waals surface area contributed by atoms with E-state index in [-0.39, 0.29) is 7.92 Å². The molecule has 0 heterocycles. The Morgan fingerprint density at radius 1 is 0.611 bits per heavy atom. The first-order valence-corrected chi connectivity index (χ1v) is 7.58. The van der Waals surface area contributed by atoms with Crippen LogP contribution in [0.5, 0.6) is 0 Å². The molecule has 89 valence electrons. The van der Waals surface area contributed by atoms with Gasteiger partial charge in [0.05, 0.1) is 0 Å². The third-order valence-electron chi connectivity index (χ3n) is 3.39. The van der Waals surface area contributed by atoms with Crippen LogP contribution in [0.4, 0.5) is 0 Å². The number of rotatable bonds is 3. The number of hydrogen-bond acceptors (Lipinski definition) is 0. The first-order valence-electron chi connectivity index (χ1n) is 6.24. The van der Waals surface area contributed by atoms with Gasteiger partial charge in [0.25, 0.3) is 0 Å². The van der Waals surface area contributed by atoms with Crippen molar-refractivity contribution < 1.29 is 0 Å². The zero-order valence-corrected chi connectivity index (χ0v) is 11.6. The summed E-state index contributed by atoms with van der Waals surface area (Å²) in [5.74, 6) is 2.81. The summed E-state index contributed by atoms with van der Waals surface area (Å²) < 4.78 is 0. The molecule has 0 unspecified atom stereocenters. The highest BCUT2D eigenvalue weighted by molar-refractivity contribution is 7.68. The molecule has 0 aromatic carbocycles. The monoisotopic (exact) mass is 251 g/mol. The Morgan fingerprint density at radius 3 is 1.50 bits per heavy atom. The van der Waals surface area contributed by atoms with E-state index < -0.39 is 0 Å². The molecule has 0 saturated heterocycles. The molecular formula is C17H16P. The summed E-state index contributed by atoms with van der Waals surface area (Å²) in [6.07, 6.45) is 22.1. The summed E-state index contributed by atoms with van der Waals surface area (Å²) in [5, 5.41) is 0. The topological polar surface area (TPSA) is 0 Å². The van der Waals surface area contributed by atoms with E-state index in [1.807, 2.05) is 0 Å². The minimum absolute atomic E-state index is 0.377. The van der Waals surface area contributed by atoms with Crippen LogP contribution in [0.3, 0.4) is 0 Å². The van der Waals surface area contributed by atoms with Crippen LogP contribution < -0.4 is 0 Å². The fourth-order valence-electron chi connectivity index (χ4n) is 2.42. The Hall–Kier alpha value is 0.430.